The number of rotatable bonds is 31. The molecule has 5 aliphatic carbocycles. The number of hydrogen-bond donors (Lipinski definition) is 16. The number of fused-ring (bicyclic) bond motifs is 15. The Morgan fingerprint density at radius 3 is 1.92 bits per heavy atom. The predicted molar refractivity (Wildman–Crippen MR) is 490 cm³/mol. The van der Waals surface area contributed by atoms with Crippen LogP contribution in [0.25, 0.3) is 11.1 Å². The molecule has 0 unspecified atom stereocenters. The summed E-state index contributed by atoms with van der Waals surface area (Å²) in [7, 11) is -3.40. The molecule has 2 saturated heterocycles. The third kappa shape index (κ3) is 23.5. The number of hydrogen-bond acceptors (Lipinski definition) is 28. The molecule has 5 saturated carbocycles. The summed E-state index contributed by atoms with van der Waals surface area (Å²) in [5.74, 6) is -17.2. The maximum Gasteiger partial charge on any atom is 0.246 e. The van der Waals surface area contributed by atoms with Crippen LogP contribution in [0.4, 0.5) is 0 Å². The van der Waals surface area contributed by atoms with Crippen molar-refractivity contribution in [1.82, 2.24) is 31.9 Å². The number of carbonyl (C=O) groups is 9. The van der Waals surface area contributed by atoms with E-state index in [-0.39, 0.29) is 152 Å². The fourth-order valence-corrected chi connectivity index (χ4v) is 23.0. The van der Waals surface area contributed by atoms with E-state index >= 15 is 28.8 Å². The Kier molecular flexibility index (Phi) is 32.7. The summed E-state index contributed by atoms with van der Waals surface area (Å²) >= 11 is 14.7. The number of aliphatic hydroxyl groups is 6. The van der Waals surface area contributed by atoms with Gasteiger partial charge in [-0.05, 0) is 221 Å². The highest BCUT2D eigenvalue weighted by molar-refractivity contribution is 7.91. The fraction of sp³-hybridized carbons (Fsp3) is 0.602. The molecule has 12 aliphatic rings. The van der Waals surface area contributed by atoms with Gasteiger partial charge in [-0.25, -0.2) is 8.42 Å². The molecule has 6 amide bonds. The largest absolute Gasteiger partial charge is 0.507 e. The molecule has 730 valence electrons. The summed E-state index contributed by atoms with van der Waals surface area (Å²) in [5.41, 5.74) is 3.24. The van der Waals surface area contributed by atoms with Gasteiger partial charge in [0.1, 0.15) is 93.3 Å². The summed E-state index contributed by atoms with van der Waals surface area (Å²) in [5, 5.41) is 126. The number of sulfone groups is 1. The summed E-state index contributed by atoms with van der Waals surface area (Å²) in [6.07, 6.45) is -8.40. The molecule has 33 nitrogen and oxygen atoms in total. The Bertz CT molecular complexity index is 5280. The lowest BCUT2D eigenvalue weighted by atomic mass is 9.51. The molecule has 17 N–H and O–H groups in total. The average molecular weight is 1920 g/mol. The maximum absolute atomic E-state index is 17.0. The number of aromatic hydroxyl groups is 3. The predicted octanol–water partition coefficient (Wildman–Crippen LogP) is 10.1. The smallest absolute Gasteiger partial charge is 0.246 e. The molecule has 0 radical (unpaired) electrons. The molecule has 5 aromatic rings. The lowest BCUT2D eigenvalue weighted by Gasteiger charge is -2.54. The third-order valence-electron chi connectivity index (χ3n) is 28.4. The average Bonchev–Trinajstić information content (AvgIpc) is 0.964. The monoisotopic (exact) mass is 1920 g/mol. The zero-order chi connectivity index (χ0) is 96.2. The number of benzene rings is 5. The van der Waals surface area contributed by atoms with Crippen molar-refractivity contribution in [3.05, 3.63) is 116 Å². The number of imide groups is 1. The van der Waals surface area contributed by atoms with Gasteiger partial charge in [-0.15, -0.1) is 0 Å². The maximum atomic E-state index is 17.0. The number of ketones is 3. The van der Waals surface area contributed by atoms with E-state index in [0.29, 0.717) is 43.9 Å². The first-order valence-electron chi connectivity index (χ1n) is 47.3. The number of ether oxygens (including phenoxy) is 6. The third-order valence-corrected chi connectivity index (χ3v) is 30.8. The van der Waals surface area contributed by atoms with Gasteiger partial charge in [0, 0.05) is 67.7 Å². The number of amides is 6. The molecule has 17 rings (SSSR count). The Hall–Kier alpha value is -8.98. The highest BCUT2D eigenvalue weighted by atomic mass is 35.5. The summed E-state index contributed by atoms with van der Waals surface area (Å²) in [6.45, 7) is 9.56. The fourth-order valence-electron chi connectivity index (χ4n) is 21.1. The van der Waals surface area contributed by atoms with E-state index in [1.165, 1.54) is 68.4 Å². The van der Waals surface area contributed by atoms with Crippen molar-refractivity contribution in [2.24, 2.45) is 59.0 Å². The molecule has 15 bridgehead atoms. The van der Waals surface area contributed by atoms with Crippen LogP contribution in [0.15, 0.2) is 72.8 Å². The zero-order valence-electron chi connectivity index (χ0n) is 76.3. The van der Waals surface area contributed by atoms with Crippen LogP contribution in [0.2, 0.25) is 10.0 Å². The van der Waals surface area contributed by atoms with Gasteiger partial charge in [-0.2, -0.15) is 0 Å². The highest BCUT2D eigenvalue weighted by Gasteiger charge is 2.54. The van der Waals surface area contributed by atoms with E-state index < -0.39 is 232 Å². The van der Waals surface area contributed by atoms with Gasteiger partial charge in [-0.1, -0.05) is 101 Å². The van der Waals surface area contributed by atoms with Crippen LogP contribution in [0.5, 0.6) is 46.0 Å². The Balaban J connectivity index is 0.945. The van der Waals surface area contributed by atoms with Crippen molar-refractivity contribution in [2.45, 2.75) is 293 Å². The van der Waals surface area contributed by atoms with Crippen molar-refractivity contribution < 1.29 is 126 Å². The first-order chi connectivity index (χ1) is 63.8. The van der Waals surface area contributed by atoms with Gasteiger partial charge < -0.3 is 107 Å². The quantitative estimate of drug-likeness (QED) is 0.0183. The van der Waals surface area contributed by atoms with Crippen molar-refractivity contribution in [3.63, 3.8) is 0 Å². The van der Waals surface area contributed by atoms with E-state index in [9.17, 15) is 68.8 Å². The van der Waals surface area contributed by atoms with Crippen molar-refractivity contribution in [2.75, 3.05) is 24.7 Å². The minimum atomic E-state index is -3.40. The van der Waals surface area contributed by atoms with Crippen molar-refractivity contribution in [3.8, 4) is 57.1 Å². The minimum Gasteiger partial charge on any atom is -0.507 e. The van der Waals surface area contributed by atoms with Crippen LogP contribution in [-0.4, -0.2) is 199 Å². The number of nitrogens with two attached hydrogens (primary N) is 1. The van der Waals surface area contributed by atoms with E-state index in [1.807, 2.05) is 13.8 Å². The molecular formula is C98H127Cl2N7O26S. The second-order valence-corrected chi connectivity index (χ2v) is 42.3. The zero-order valence-corrected chi connectivity index (χ0v) is 78.6. The molecule has 36 heteroatoms. The first kappa shape index (κ1) is 101. The second kappa shape index (κ2) is 43.4. The Morgan fingerprint density at radius 2 is 1.30 bits per heavy atom. The van der Waals surface area contributed by atoms with Gasteiger partial charge in [0.25, 0.3) is 0 Å². The summed E-state index contributed by atoms with van der Waals surface area (Å²) < 4.78 is 65.8. The number of unbranched alkanes of at least 4 members (excludes halogenated alkanes) is 6. The first-order valence-corrected chi connectivity index (χ1v) is 49.9. The number of nitrogens with one attached hydrogen (secondary N) is 6. The van der Waals surface area contributed by atoms with Crippen molar-refractivity contribution in [1.29, 1.82) is 0 Å². The topological polar surface area (TPSA) is 523 Å². The lowest BCUT2D eigenvalue weighted by Crippen LogP contribution is -2.64. The SMILES string of the molecule is CCCCCCCCS(=O)(=O)CCCCNCc1c(O)cc2c(c1O)-c1cc(ccc1O)[C@H]1CC(=O)[C@@H]3NC(=O)[C@H](CC(=O)NC(=O)CC4CC4)CC(=O)[C@H](NC(=O)[C@H](CC)CC(C)C)[C@H](O)c4ccc(c(Cl)c4)Oc4cc3cc(c4O[C@@H]3O[C@H](CO)[C@@H](O)[C@H](O)[C@H]3O[C@H]3C[C@](C)(N)[C@H](O)[C@H](C)O3)Oc3ccc(cc3Cl)[C@@H](O)[C@H](NC1=O)C(=O)N[C@@H]2C(=O)CC1C2CC3CC(C2)CC1C3. The van der Waals surface area contributed by atoms with Crippen LogP contribution < -0.4 is 51.8 Å². The van der Waals surface area contributed by atoms with Crippen LogP contribution in [0, 0.1) is 53.3 Å². The molecule has 7 aliphatic heterocycles. The molecule has 7 heterocycles. The molecule has 18 atom stereocenters. The standard InChI is InChI=1S/C98H127Cl2N7O26S/c1-7-9-10-11-12-14-25-134(126,127)26-15-13-24-102-45-64-68(110)43-63-80(87(64)118)62-34-53(18-21-67(62)109)61-42-70(112)81-58-38-74(129-72-22-19-54(35-65(72)99)85(116)83(106-93(122)52(8-2)27-47(3)4)69(111)37-59(94(123)104-81)40-78(115)103-77(114)33-49-16-17-49)90(133-97-91(89(120)88(119)76(46-108)131-97)132-79-44-98(6,101)92(121)48(5)128-79)75(39-58)130-73-23-20-55(36-66(73)100)86(117)84(107-95(61)124)96(125)105-82(63)71(113)41-60-56-29-50-28-51(31-56)32-57(60)30-50/h18-23,34-36,38-39,43,47-52,56-57,59-61,76,79,81-86,88-89,91-92,97,102,108-110,116-121H,7-17,24-33,37,40-42,44-46,101H2,1-6H3,(H,104,123)(H,105,125)(H,106,122)(H,107,124)(H,103,114,115)/t48-,50?,51?,52+,56?,57?,59-,60?,61+,76+,79-,81+,82-,83-,84-,85+,86+,88+,89-,91+,92+,97-,98-/m0/s1. The number of phenols is 3. The van der Waals surface area contributed by atoms with Crippen LogP contribution in [-0.2, 0) is 73.7 Å². The normalized spacial score (nSPS) is 30.0. The van der Waals surface area contributed by atoms with E-state index in [4.69, 9.17) is 57.4 Å². The minimum absolute atomic E-state index is 0.0450. The molecule has 5 aromatic carbocycles. The molecule has 0 spiro atoms. The van der Waals surface area contributed by atoms with E-state index in [2.05, 4.69) is 38.8 Å². The Morgan fingerprint density at radius 1 is 0.672 bits per heavy atom. The number of carbonyl (C=O) groups excluding carboxylic acids is 9. The molecular weight excluding hydrogens is 1790 g/mol. The number of phenolic OH excluding ortho intramolecular Hbond substituents is 3. The van der Waals surface area contributed by atoms with Gasteiger partial charge >= 0.3 is 0 Å². The summed E-state index contributed by atoms with van der Waals surface area (Å²) in [4.78, 5) is 140. The molecule has 134 heavy (non-hydrogen) atoms. The van der Waals surface area contributed by atoms with Gasteiger partial charge in [0.05, 0.1) is 57.8 Å². The van der Waals surface area contributed by atoms with Gasteiger partial charge in [0.2, 0.25) is 47.5 Å². The molecule has 0 aromatic heterocycles. The lowest BCUT2D eigenvalue weighted by molar-refractivity contribution is -0.333. The summed E-state index contributed by atoms with van der Waals surface area (Å²) in [6, 6.07) is 6.18. The number of aliphatic hydroxyl groups excluding tert-OH is 6. The molecule has 7 fully saturated rings. The van der Waals surface area contributed by atoms with Crippen LogP contribution in [0.1, 0.15) is 253 Å². The number of Topliss-reactive ketones (excluding diaryl/α,β-unsaturated/α-hetero) is 3. The van der Waals surface area contributed by atoms with Gasteiger partial charge in [0.15, 0.2) is 41.2 Å². The van der Waals surface area contributed by atoms with Crippen LogP contribution >= 0.6 is 23.2 Å². The Labute approximate surface area is 789 Å². The van der Waals surface area contributed by atoms with Crippen LogP contribution in [0.3, 0.4) is 0 Å². The van der Waals surface area contributed by atoms with E-state index in [0.717, 1.165) is 82.4 Å². The van der Waals surface area contributed by atoms with E-state index in [1.54, 1.807) is 6.92 Å². The number of halogens is 2. The van der Waals surface area contributed by atoms with Gasteiger partial charge in [-0.3, -0.25) is 48.5 Å². The van der Waals surface area contributed by atoms with Crippen molar-refractivity contribution >= 4 is 85.8 Å². The second-order valence-electron chi connectivity index (χ2n) is 39.2. The highest BCUT2D eigenvalue weighted by Crippen LogP contribution is 2.59.